The highest BCUT2D eigenvalue weighted by atomic mass is 79.9. The van der Waals surface area contributed by atoms with Crippen molar-refractivity contribution in [2.45, 2.75) is 38.3 Å². The SMILES string of the molecule is Cl.NC1CCCC(C(=O)NCc2cc(F)ccc2Br)C1. The third kappa shape index (κ3) is 4.72. The third-order valence-electron chi connectivity index (χ3n) is 3.55. The van der Waals surface area contributed by atoms with Crippen LogP contribution in [-0.2, 0) is 11.3 Å². The molecule has 1 aromatic rings. The summed E-state index contributed by atoms with van der Waals surface area (Å²) in [6.45, 7) is 0.336. The van der Waals surface area contributed by atoms with E-state index in [2.05, 4.69) is 21.2 Å². The number of benzene rings is 1. The quantitative estimate of drug-likeness (QED) is 0.864. The summed E-state index contributed by atoms with van der Waals surface area (Å²) < 4.78 is 13.9. The second-order valence-corrected chi connectivity index (χ2v) is 5.93. The minimum absolute atomic E-state index is 0. The molecule has 1 aliphatic carbocycles. The van der Waals surface area contributed by atoms with Gasteiger partial charge in [0.1, 0.15) is 5.82 Å². The van der Waals surface area contributed by atoms with Gasteiger partial charge in [-0.3, -0.25) is 4.79 Å². The number of nitrogens with one attached hydrogen (secondary N) is 1. The van der Waals surface area contributed by atoms with Gasteiger partial charge in [-0.25, -0.2) is 4.39 Å². The highest BCUT2D eigenvalue weighted by molar-refractivity contribution is 9.10. The van der Waals surface area contributed by atoms with Crippen LogP contribution in [0.4, 0.5) is 4.39 Å². The summed E-state index contributed by atoms with van der Waals surface area (Å²) in [5, 5.41) is 2.87. The van der Waals surface area contributed by atoms with Gasteiger partial charge in [0.05, 0.1) is 0 Å². The first kappa shape index (κ1) is 17.4. The van der Waals surface area contributed by atoms with Gasteiger partial charge in [-0.05, 0) is 43.0 Å². The summed E-state index contributed by atoms with van der Waals surface area (Å²) in [6, 6.07) is 4.59. The zero-order chi connectivity index (χ0) is 13.8. The van der Waals surface area contributed by atoms with Crippen molar-refractivity contribution >= 4 is 34.2 Å². The first-order valence-electron chi connectivity index (χ1n) is 6.53. The number of hydrogen-bond donors (Lipinski definition) is 2. The molecule has 2 rings (SSSR count). The van der Waals surface area contributed by atoms with Crippen molar-refractivity contribution in [3.05, 3.63) is 34.1 Å². The highest BCUT2D eigenvalue weighted by Gasteiger charge is 2.25. The standard InChI is InChI=1S/C14H18BrFN2O.ClH/c15-13-5-4-11(16)6-10(13)8-18-14(19)9-2-1-3-12(17)7-9;/h4-6,9,12H,1-3,7-8,17H2,(H,18,19);1H. The number of hydrogen-bond acceptors (Lipinski definition) is 2. The fourth-order valence-electron chi connectivity index (χ4n) is 2.47. The van der Waals surface area contributed by atoms with Crippen LogP contribution in [0.2, 0.25) is 0 Å². The molecule has 0 heterocycles. The van der Waals surface area contributed by atoms with Gasteiger partial charge < -0.3 is 11.1 Å². The maximum absolute atomic E-state index is 13.1. The lowest BCUT2D eigenvalue weighted by Crippen LogP contribution is -2.37. The molecule has 0 radical (unpaired) electrons. The molecule has 3 nitrogen and oxygen atoms in total. The van der Waals surface area contributed by atoms with Gasteiger partial charge in [-0.1, -0.05) is 22.4 Å². The van der Waals surface area contributed by atoms with E-state index in [9.17, 15) is 9.18 Å². The molecule has 0 aromatic heterocycles. The van der Waals surface area contributed by atoms with E-state index >= 15 is 0 Å². The van der Waals surface area contributed by atoms with Crippen LogP contribution in [0.1, 0.15) is 31.2 Å². The fourth-order valence-corrected chi connectivity index (χ4v) is 2.86. The normalized spacial score (nSPS) is 21.9. The molecule has 0 aliphatic heterocycles. The molecular formula is C14H19BrClFN2O. The van der Waals surface area contributed by atoms with Crippen LogP contribution in [0.15, 0.2) is 22.7 Å². The number of nitrogens with two attached hydrogens (primary N) is 1. The maximum atomic E-state index is 13.1. The number of carbonyl (C=O) groups is 1. The molecule has 1 amide bonds. The molecule has 1 aromatic carbocycles. The molecule has 0 spiro atoms. The van der Waals surface area contributed by atoms with Crippen molar-refractivity contribution in [2.24, 2.45) is 11.7 Å². The van der Waals surface area contributed by atoms with Crippen molar-refractivity contribution in [1.82, 2.24) is 5.32 Å². The maximum Gasteiger partial charge on any atom is 0.223 e. The topological polar surface area (TPSA) is 55.1 Å². The van der Waals surface area contributed by atoms with E-state index in [0.29, 0.717) is 6.54 Å². The van der Waals surface area contributed by atoms with Crippen molar-refractivity contribution in [3.8, 4) is 0 Å². The number of halogens is 3. The van der Waals surface area contributed by atoms with Gasteiger partial charge in [-0.15, -0.1) is 12.4 Å². The Balaban J connectivity index is 0.00000200. The summed E-state index contributed by atoms with van der Waals surface area (Å²) in [6.07, 6.45) is 3.64. The summed E-state index contributed by atoms with van der Waals surface area (Å²) >= 11 is 3.35. The Hall–Kier alpha value is -0.650. The molecule has 1 fully saturated rings. The Morgan fingerprint density at radius 3 is 2.90 bits per heavy atom. The van der Waals surface area contributed by atoms with Crippen molar-refractivity contribution in [1.29, 1.82) is 0 Å². The van der Waals surface area contributed by atoms with Gasteiger partial charge in [0, 0.05) is 23.0 Å². The van der Waals surface area contributed by atoms with Gasteiger partial charge >= 0.3 is 0 Å². The summed E-state index contributed by atoms with van der Waals surface area (Å²) in [4.78, 5) is 12.0. The van der Waals surface area contributed by atoms with Crippen LogP contribution >= 0.6 is 28.3 Å². The molecular weight excluding hydrogens is 347 g/mol. The monoisotopic (exact) mass is 364 g/mol. The predicted molar refractivity (Wildman–Crippen MR) is 83.1 cm³/mol. The zero-order valence-electron chi connectivity index (χ0n) is 11.1. The average Bonchev–Trinajstić information content (AvgIpc) is 2.39. The molecule has 3 N–H and O–H groups in total. The van der Waals surface area contributed by atoms with Crippen LogP contribution < -0.4 is 11.1 Å². The van der Waals surface area contributed by atoms with E-state index in [1.54, 1.807) is 6.07 Å². The summed E-state index contributed by atoms with van der Waals surface area (Å²) in [7, 11) is 0. The molecule has 0 bridgehead atoms. The lowest BCUT2D eigenvalue weighted by atomic mass is 9.85. The van der Waals surface area contributed by atoms with Crippen LogP contribution in [0, 0.1) is 11.7 Å². The van der Waals surface area contributed by atoms with E-state index in [-0.39, 0.29) is 36.1 Å². The Labute approximate surface area is 133 Å². The summed E-state index contributed by atoms with van der Waals surface area (Å²) in [5.74, 6) is -0.283. The molecule has 112 valence electrons. The summed E-state index contributed by atoms with van der Waals surface area (Å²) in [5.41, 5.74) is 6.62. The molecule has 0 saturated heterocycles. The molecule has 2 unspecified atom stereocenters. The van der Waals surface area contributed by atoms with Crippen LogP contribution in [-0.4, -0.2) is 11.9 Å². The van der Waals surface area contributed by atoms with Gasteiger partial charge in [0.15, 0.2) is 0 Å². The average molecular weight is 366 g/mol. The second kappa shape index (κ2) is 7.96. The Morgan fingerprint density at radius 2 is 2.20 bits per heavy atom. The van der Waals surface area contributed by atoms with Crippen LogP contribution in [0.25, 0.3) is 0 Å². The first-order valence-corrected chi connectivity index (χ1v) is 7.33. The largest absolute Gasteiger partial charge is 0.352 e. The Bertz CT molecular complexity index is 472. The second-order valence-electron chi connectivity index (χ2n) is 5.08. The van der Waals surface area contributed by atoms with E-state index in [1.165, 1.54) is 12.1 Å². The Morgan fingerprint density at radius 1 is 1.45 bits per heavy atom. The van der Waals surface area contributed by atoms with Crippen LogP contribution in [0.3, 0.4) is 0 Å². The number of amides is 1. The van der Waals surface area contributed by atoms with E-state index in [4.69, 9.17) is 5.73 Å². The van der Waals surface area contributed by atoms with Crippen LogP contribution in [0.5, 0.6) is 0 Å². The lowest BCUT2D eigenvalue weighted by Gasteiger charge is -2.25. The van der Waals surface area contributed by atoms with Gasteiger partial charge in [0.2, 0.25) is 5.91 Å². The van der Waals surface area contributed by atoms with Crippen molar-refractivity contribution < 1.29 is 9.18 Å². The Kier molecular flexibility index (Phi) is 6.92. The highest BCUT2D eigenvalue weighted by Crippen LogP contribution is 2.23. The van der Waals surface area contributed by atoms with Gasteiger partial charge in [0.25, 0.3) is 0 Å². The zero-order valence-corrected chi connectivity index (χ0v) is 13.5. The number of rotatable bonds is 3. The number of carbonyl (C=O) groups excluding carboxylic acids is 1. The molecule has 2 atom stereocenters. The fraction of sp³-hybridized carbons (Fsp3) is 0.500. The smallest absolute Gasteiger partial charge is 0.223 e. The molecule has 6 heteroatoms. The molecule has 20 heavy (non-hydrogen) atoms. The van der Waals surface area contributed by atoms with E-state index in [1.807, 2.05) is 0 Å². The first-order chi connectivity index (χ1) is 9.06. The van der Waals surface area contributed by atoms with Crippen molar-refractivity contribution in [2.75, 3.05) is 0 Å². The lowest BCUT2D eigenvalue weighted by molar-refractivity contribution is -0.126. The molecule has 1 aliphatic rings. The minimum atomic E-state index is -0.299. The predicted octanol–water partition coefficient (Wildman–Crippen LogP) is 3.14. The van der Waals surface area contributed by atoms with Crippen molar-refractivity contribution in [3.63, 3.8) is 0 Å². The molecule has 1 saturated carbocycles. The van der Waals surface area contributed by atoms with Gasteiger partial charge in [-0.2, -0.15) is 0 Å². The third-order valence-corrected chi connectivity index (χ3v) is 4.32. The minimum Gasteiger partial charge on any atom is -0.352 e. The van der Waals surface area contributed by atoms with E-state index < -0.39 is 0 Å². The van der Waals surface area contributed by atoms with E-state index in [0.717, 1.165) is 35.7 Å².